The van der Waals surface area contributed by atoms with Crippen LogP contribution in [0.5, 0.6) is 5.75 Å². The summed E-state index contributed by atoms with van der Waals surface area (Å²) in [5, 5.41) is 20.0. The maximum Gasteiger partial charge on any atom is 0.118 e. The zero-order valence-electron chi connectivity index (χ0n) is 11.1. The maximum atomic E-state index is 10.0. The standard InChI is InChI=1S/C14H21NO3/c1-14(17)9-15(2)12(8-13(14)16)10-4-6-11(18-3)7-5-10/h4-7,12-13,16-17H,8-9H2,1-3H3/t12-,13-,14-/m0/s1. The van der Waals surface area contributed by atoms with Gasteiger partial charge in [-0.3, -0.25) is 4.90 Å². The molecule has 0 aliphatic carbocycles. The minimum atomic E-state index is -1.03. The van der Waals surface area contributed by atoms with Crippen LogP contribution in [0.15, 0.2) is 24.3 Å². The average molecular weight is 251 g/mol. The Balaban J connectivity index is 2.17. The molecule has 0 unspecified atom stereocenters. The van der Waals surface area contributed by atoms with Gasteiger partial charge in [0.25, 0.3) is 0 Å². The first-order chi connectivity index (χ1) is 8.44. The van der Waals surface area contributed by atoms with Crippen LogP contribution in [0.4, 0.5) is 0 Å². The van der Waals surface area contributed by atoms with Gasteiger partial charge >= 0.3 is 0 Å². The number of rotatable bonds is 2. The van der Waals surface area contributed by atoms with Gasteiger partial charge in [0.1, 0.15) is 11.4 Å². The Bertz CT molecular complexity index is 402. The van der Waals surface area contributed by atoms with E-state index in [4.69, 9.17) is 4.74 Å². The molecule has 4 nitrogen and oxygen atoms in total. The molecular formula is C14H21NO3. The summed E-state index contributed by atoms with van der Waals surface area (Å²) in [7, 11) is 3.61. The summed E-state index contributed by atoms with van der Waals surface area (Å²) in [6.07, 6.45) is -0.156. The topological polar surface area (TPSA) is 52.9 Å². The molecule has 2 N–H and O–H groups in total. The Morgan fingerprint density at radius 1 is 1.33 bits per heavy atom. The fraction of sp³-hybridized carbons (Fsp3) is 0.571. The molecular weight excluding hydrogens is 230 g/mol. The lowest BCUT2D eigenvalue weighted by molar-refractivity contribution is -0.121. The number of methoxy groups -OCH3 is 1. The monoisotopic (exact) mass is 251 g/mol. The highest BCUT2D eigenvalue weighted by Gasteiger charge is 2.40. The molecule has 1 fully saturated rings. The van der Waals surface area contributed by atoms with Gasteiger partial charge in [0.15, 0.2) is 0 Å². The highest BCUT2D eigenvalue weighted by atomic mass is 16.5. The van der Waals surface area contributed by atoms with Crippen LogP contribution in [-0.4, -0.2) is 47.5 Å². The van der Waals surface area contributed by atoms with Crippen molar-refractivity contribution in [3.05, 3.63) is 29.8 Å². The number of benzene rings is 1. The van der Waals surface area contributed by atoms with Crippen molar-refractivity contribution >= 4 is 0 Å². The molecule has 1 aromatic rings. The lowest BCUT2D eigenvalue weighted by Gasteiger charge is -2.44. The van der Waals surface area contributed by atoms with Gasteiger partial charge in [-0.25, -0.2) is 0 Å². The molecule has 0 amide bonds. The van der Waals surface area contributed by atoms with Crippen molar-refractivity contribution in [2.24, 2.45) is 0 Å². The number of likely N-dealkylation sites (N-methyl/N-ethyl adjacent to an activating group) is 1. The summed E-state index contributed by atoms with van der Waals surface area (Å²) in [4.78, 5) is 2.08. The van der Waals surface area contributed by atoms with E-state index in [1.165, 1.54) is 0 Å². The molecule has 1 heterocycles. The van der Waals surface area contributed by atoms with Crippen LogP contribution in [-0.2, 0) is 0 Å². The summed E-state index contributed by atoms with van der Waals surface area (Å²) >= 11 is 0. The Labute approximate surface area is 108 Å². The number of piperidine rings is 1. The number of hydrogen-bond donors (Lipinski definition) is 2. The summed E-state index contributed by atoms with van der Waals surface area (Å²) < 4.78 is 5.13. The van der Waals surface area contributed by atoms with Crippen molar-refractivity contribution in [3.63, 3.8) is 0 Å². The Kier molecular flexibility index (Phi) is 3.61. The van der Waals surface area contributed by atoms with Gasteiger partial charge < -0.3 is 14.9 Å². The first-order valence-corrected chi connectivity index (χ1v) is 6.18. The number of aliphatic hydroxyl groups is 2. The molecule has 1 aliphatic heterocycles. The van der Waals surface area contributed by atoms with Gasteiger partial charge in [0.05, 0.1) is 13.2 Å². The molecule has 3 atom stereocenters. The predicted octanol–water partition coefficient (Wildman–Crippen LogP) is 1.18. The Hall–Kier alpha value is -1.10. The molecule has 18 heavy (non-hydrogen) atoms. The SMILES string of the molecule is COc1ccc([C@@H]2C[C@H](O)[C@@](C)(O)CN2C)cc1. The maximum absolute atomic E-state index is 10.0. The smallest absolute Gasteiger partial charge is 0.118 e. The number of nitrogens with zero attached hydrogens (tertiary/aromatic N) is 1. The molecule has 0 aromatic heterocycles. The summed E-state index contributed by atoms with van der Waals surface area (Å²) in [5.41, 5.74) is 0.102. The van der Waals surface area contributed by atoms with Crippen molar-refractivity contribution in [2.45, 2.75) is 31.1 Å². The van der Waals surface area contributed by atoms with E-state index in [0.717, 1.165) is 11.3 Å². The largest absolute Gasteiger partial charge is 0.497 e. The summed E-state index contributed by atoms with van der Waals surface area (Å²) in [6.45, 7) is 2.14. The molecule has 1 saturated heterocycles. The molecule has 4 heteroatoms. The second kappa shape index (κ2) is 4.88. The number of β-amino-alcohol motifs (C(OH)–C–C–N with tert-alkyl or cyclic N) is 1. The van der Waals surface area contributed by atoms with Gasteiger partial charge in [0.2, 0.25) is 0 Å². The minimum absolute atomic E-state index is 0.131. The van der Waals surface area contributed by atoms with Crippen LogP contribution in [0.25, 0.3) is 0 Å². The second-order valence-corrected chi connectivity index (χ2v) is 5.31. The van der Waals surface area contributed by atoms with E-state index in [-0.39, 0.29) is 6.04 Å². The van der Waals surface area contributed by atoms with E-state index >= 15 is 0 Å². The van der Waals surface area contributed by atoms with Crippen LogP contribution >= 0.6 is 0 Å². The number of ether oxygens (including phenoxy) is 1. The van der Waals surface area contributed by atoms with E-state index in [0.29, 0.717) is 13.0 Å². The third-order valence-corrected chi connectivity index (χ3v) is 3.77. The molecule has 1 aliphatic rings. The minimum Gasteiger partial charge on any atom is -0.497 e. The highest BCUT2D eigenvalue weighted by molar-refractivity contribution is 5.29. The first-order valence-electron chi connectivity index (χ1n) is 6.18. The molecule has 0 spiro atoms. The lowest BCUT2D eigenvalue weighted by atomic mass is 9.85. The van der Waals surface area contributed by atoms with Crippen LogP contribution in [0.3, 0.4) is 0 Å². The zero-order chi connectivity index (χ0) is 13.3. The van der Waals surface area contributed by atoms with Crippen LogP contribution in [0.2, 0.25) is 0 Å². The fourth-order valence-electron chi connectivity index (χ4n) is 2.58. The normalized spacial score (nSPS) is 33.4. The Morgan fingerprint density at radius 2 is 1.94 bits per heavy atom. The predicted molar refractivity (Wildman–Crippen MR) is 69.6 cm³/mol. The molecule has 0 radical (unpaired) electrons. The number of likely N-dealkylation sites (tertiary alicyclic amines) is 1. The fourth-order valence-corrected chi connectivity index (χ4v) is 2.58. The van der Waals surface area contributed by atoms with E-state index < -0.39 is 11.7 Å². The second-order valence-electron chi connectivity index (χ2n) is 5.31. The van der Waals surface area contributed by atoms with Crippen molar-refractivity contribution in [1.29, 1.82) is 0 Å². The van der Waals surface area contributed by atoms with E-state index in [1.807, 2.05) is 31.3 Å². The van der Waals surface area contributed by atoms with Crippen molar-refractivity contribution in [2.75, 3.05) is 20.7 Å². The van der Waals surface area contributed by atoms with Gasteiger partial charge in [-0.05, 0) is 38.1 Å². The van der Waals surface area contributed by atoms with Gasteiger partial charge in [-0.2, -0.15) is 0 Å². The van der Waals surface area contributed by atoms with Crippen molar-refractivity contribution < 1.29 is 14.9 Å². The molecule has 0 saturated carbocycles. The lowest BCUT2D eigenvalue weighted by Crippen LogP contribution is -2.54. The van der Waals surface area contributed by atoms with Crippen LogP contribution in [0.1, 0.15) is 24.9 Å². The summed E-state index contributed by atoms with van der Waals surface area (Å²) in [6, 6.07) is 7.98. The van der Waals surface area contributed by atoms with Crippen molar-refractivity contribution in [3.8, 4) is 5.75 Å². The van der Waals surface area contributed by atoms with Gasteiger partial charge in [-0.1, -0.05) is 12.1 Å². The number of hydrogen-bond acceptors (Lipinski definition) is 4. The highest BCUT2D eigenvalue weighted by Crippen LogP contribution is 2.34. The van der Waals surface area contributed by atoms with Crippen LogP contribution in [0, 0.1) is 0 Å². The van der Waals surface area contributed by atoms with Gasteiger partial charge in [-0.15, -0.1) is 0 Å². The quantitative estimate of drug-likeness (QED) is 0.829. The molecule has 2 rings (SSSR count). The van der Waals surface area contributed by atoms with Crippen LogP contribution < -0.4 is 4.74 Å². The Morgan fingerprint density at radius 3 is 2.50 bits per heavy atom. The molecule has 100 valence electrons. The van der Waals surface area contributed by atoms with Crippen molar-refractivity contribution in [1.82, 2.24) is 4.90 Å². The summed E-state index contributed by atoms with van der Waals surface area (Å²) in [5.74, 6) is 0.824. The third-order valence-electron chi connectivity index (χ3n) is 3.77. The first kappa shape index (κ1) is 13.3. The molecule has 1 aromatic carbocycles. The molecule has 0 bridgehead atoms. The van der Waals surface area contributed by atoms with E-state index in [1.54, 1.807) is 14.0 Å². The average Bonchev–Trinajstić information content (AvgIpc) is 2.33. The van der Waals surface area contributed by atoms with E-state index in [2.05, 4.69) is 4.90 Å². The van der Waals surface area contributed by atoms with Gasteiger partial charge in [0, 0.05) is 12.6 Å². The number of aliphatic hydroxyl groups excluding tert-OH is 1. The third kappa shape index (κ3) is 2.51. The zero-order valence-corrected chi connectivity index (χ0v) is 11.1. The van der Waals surface area contributed by atoms with E-state index in [9.17, 15) is 10.2 Å².